The Bertz CT molecular complexity index is 1010. The van der Waals surface area contributed by atoms with Gasteiger partial charge in [0, 0.05) is 32.2 Å². The third-order valence-corrected chi connectivity index (χ3v) is 7.83. The normalized spacial score (nSPS) is 21.5. The van der Waals surface area contributed by atoms with Gasteiger partial charge in [-0.15, -0.1) is 0 Å². The Morgan fingerprint density at radius 2 is 1.77 bits per heavy atom. The van der Waals surface area contributed by atoms with Gasteiger partial charge in [0.2, 0.25) is 0 Å². The average molecular weight is 449 g/mol. The van der Waals surface area contributed by atoms with E-state index in [1.54, 1.807) is 11.0 Å². The van der Waals surface area contributed by atoms with Crippen molar-refractivity contribution in [3.63, 3.8) is 0 Å². The van der Waals surface area contributed by atoms with Crippen molar-refractivity contribution in [2.45, 2.75) is 12.5 Å². The van der Waals surface area contributed by atoms with E-state index in [1.807, 2.05) is 42.5 Å². The van der Waals surface area contributed by atoms with E-state index in [0.29, 0.717) is 43.4 Å². The summed E-state index contributed by atoms with van der Waals surface area (Å²) in [6.07, 6.45) is 0.691. The van der Waals surface area contributed by atoms with Crippen molar-refractivity contribution in [2.75, 3.05) is 44.3 Å². The van der Waals surface area contributed by atoms with Crippen LogP contribution < -0.4 is 4.74 Å². The number of hydrogen-bond donors (Lipinski definition) is 0. The number of carbonyl (C=O) groups excluding carboxylic acids is 1. The molecule has 2 heterocycles. The number of halogens is 1. The second-order valence-electron chi connectivity index (χ2n) is 7.77. The van der Waals surface area contributed by atoms with Crippen LogP contribution in [0, 0.1) is 0 Å². The van der Waals surface area contributed by atoms with Gasteiger partial charge in [0.1, 0.15) is 5.75 Å². The molecule has 1 unspecified atom stereocenters. The number of carbonyl (C=O) groups is 1. The first kappa shape index (κ1) is 21.2. The van der Waals surface area contributed by atoms with Crippen molar-refractivity contribution >= 4 is 27.3 Å². The number of amides is 1. The summed E-state index contributed by atoms with van der Waals surface area (Å²) in [6.45, 7) is 2.48. The monoisotopic (exact) mass is 448 g/mol. The van der Waals surface area contributed by atoms with Crippen LogP contribution in [0.4, 0.5) is 0 Å². The highest BCUT2D eigenvalue weighted by Crippen LogP contribution is 2.30. The Balaban J connectivity index is 1.28. The van der Waals surface area contributed by atoms with Crippen molar-refractivity contribution in [3.05, 3.63) is 53.6 Å². The molecule has 1 atom stereocenters. The van der Waals surface area contributed by atoms with Crippen molar-refractivity contribution in [1.82, 2.24) is 9.80 Å². The number of sulfone groups is 1. The van der Waals surface area contributed by atoms with E-state index in [0.717, 1.165) is 11.1 Å². The largest absolute Gasteiger partial charge is 0.482 e. The summed E-state index contributed by atoms with van der Waals surface area (Å²) in [4.78, 5) is 16.5. The van der Waals surface area contributed by atoms with Gasteiger partial charge in [0.25, 0.3) is 5.91 Å². The fourth-order valence-corrected chi connectivity index (χ4v) is 6.06. The SMILES string of the molecule is O=C(COc1ccc(-c2ccccc2)cc1Cl)N1CCN(C2CCS(=O)(=O)C2)CC1. The molecule has 0 radical (unpaired) electrons. The maximum atomic E-state index is 12.5. The van der Waals surface area contributed by atoms with E-state index in [1.165, 1.54) is 0 Å². The quantitative estimate of drug-likeness (QED) is 0.703. The van der Waals surface area contributed by atoms with E-state index < -0.39 is 9.84 Å². The van der Waals surface area contributed by atoms with Gasteiger partial charge in [0.05, 0.1) is 16.5 Å². The summed E-state index contributed by atoms with van der Waals surface area (Å²) in [6, 6.07) is 15.6. The third kappa shape index (κ3) is 4.96. The average Bonchev–Trinajstić information content (AvgIpc) is 3.13. The lowest BCUT2D eigenvalue weighted by Crippen LogP contribution is -2.53. The third-order valence-electron chi connectivity index (χ3n) is 5.78. The first-order chi connectivity index (χ1) is 14.4. The molecule has 0 bridgehead atoms. The molecule has 2 aromatic carbocycles. The van der Waals surface area contributed by atoms with Crippen LogP contribution in [0.2, 0.25) is 5.02 Å². The minimum atomic E-state index is -2.89. The molecule has 0 spiro atoms. The molecule has 0 saturated carbocycles. The van der Waals surface area contributed by atoms with E-state index >= 15 is 0 Å². The summed E-state index contributed by atoms with van der Waals surface area (Å²) in [7, 11) is -2.89. The van der Waals surface area contributed by atoms with Crippen LogP contribution in [-0.4, -0.2) is 74.5 Å². The lowest BCUT2D eigenvalue weighted by molar-refractivity contribution is -0.135. The summed E-state index contributed by atoms with van der Waals surface area (Å²) in [5.74, 6) is 0.909. The van der Waals surface area contributed by atoms with Crippen molar-refractivity contribution in [3.8, 4) is 16.9 Å². The number of piperazine rings is 1. The van der Waals surface area contributed by atoms with E-state index in [2.05, 4.69) is 4.90 Å². The van der Waals surface area contributed by atoms with E-state index in [-0.39, 0.29) is 30.1 Å². The first-order valence-corrected chi connectivity index (χ1v) is 12.3. The molecule has 2 fully saturated rings. The summed E-state index contributed by atoms with van der Waals surface area (Å²) < 4.78 is 29.1. The molecule has 4 rings (SSSR count). The Labute approximate surface area is 182 Å². The molecular formula is C22H25ClN2O4S. The van der Waals surface area contributed by atoms with E-state index in [4.69, 9.17) is 16.3 Å². The Hall–Kier alpha value is -2.09. The summed E-state index contributed by atoms with van der Waals surface area (Å²) in [5.41, 5.74) is 2.05. The Morgan fingerprint density at radius 1 is 1.03 bits per heavy atom. The summed E-state index contributed by atoms with van der Waals surface area (Å²) >= 11 is 6.36. The van der Waals surface area contributed by atoms with Crippen LogP contribution in [0.25, 0.3) is 11.1 Å². The molecule has 2 aliphatic heterocycles. The molecule has 1 amide bonds. The standard InChI is InChI=1S/C22H25ClN2O4S/c23-20-14-18(17-4-2-1-3-5-17)6-7-21(20)29-15-22(26)25-11-9-24(10-12-25)19-8-13-30(27,28)16-19/h1-7,14,19H,8-13,15-16H2. The molecule has 160 valence electrons. The maximum Gasteiger partial charge on any atom is 0.260 e. The van der Waals surface area contributed by atoms with E-state index in [9.17, 15) is 13.2 Å². The zero-order valence-electron chi connectivity index (χ0n) is 16.7. The minimum Gasteiger partial charge on any atom is -0.482 e. The van der Waals surface area contributed by atoms with Crippen LogP contribution in [0.5, 0.6) is 5.75 Å². The second-order valence-corrected chi connectivity index (χ2v) is 10.4. The van der Waals surface area contributed by atoms with Gasteiger partial charge in [-0.25, -0.2) is 8.42 Å². The van der Waals surface area contributed by atoms with Crippen LogP contribution in [0.3, 0.4) is 0 Å². The van der Waals surface area contributed by atoms with Crippen LogP contribution in [-0.2, 0) is 14.6 Å². The number of ether oxygens (including phenoxy) is 1. The van der Waals surface area contributed by atoms with Crippen LogP contribution in [0.15, 0.2) is 48.5 Å². The smallest absolute Gasteiger partial charge is 0.260 e. The zero-order valence-corrected chi connectivity index (χ0v) is 18.2. The van der Waals surface area contributed by atoms with Crippen LogP contribution in [0.1, 0.15) is 6.42 Å². The fraction of sp³-hybridized carbons (Fsp3) is 0.409. The van der Waals surface area contributed by atoms with Gasteiger partial charge in [-0.1, -0.05) is 48.0 Å². The molecule has 2 aromatic rings. The van der Waals surface area contributed by atoms with Gasteiger partial charge >= 0.3 is 0 Å². The first-order valence-electron chi connectivity index (χ1n) is 10.1. The van der Waals surface area contributed by atoms with Crippen molar-refractivity contribution in [2.24, 2.45) is 0 Å². The molecule has 6 nitrogen and oxygen atoms in total. The van der Waals surface area contributed by atoms with Crippen LogP contribution >= 0.6 is 11.6 Å². The van der Waals surface area contributed by atoms with Gasteiger partial charge in [-0.2, -0.15) is 0 Å². The molecule has 2 aliphatic rings. The topological polar surface area (TPSA) is 66.9 Å². The van der Waals surface area contributed by atoms with Gasteiger partial charge < -0.3 is 9.64 Å². The van der Waals surface area contributed by atoms with Crippen molar-refractivity contribution < 1.29 is 17.9 Å². The number of benzene rings is 2. The van der Waals surface area contributed by atoms with Gasteiger partial charge in [-0.3, -0.25) is 9.69 Å². The minimum absolute atomic E-state index is 0.0673. The van der Waals surface area contributed by atoms with Crippen molar-refractivity contribution in [1.29, 1.82) is 0 Å². The van der Waals surface area contributed by atoms with Gasteiger partial charge in [0.15, 0.2) is 16.4 Å². The highest BCUT2D eigenvalue weighted by Gasteiger charge is 2.34. The lowest BCUT2D eigenvalue weighted by atomic mass is 10.1. The highest BCUT2D eigenvalue weighted by molar-refractivity contribution is 7.91. The Morgan fingerprint density at radius 3 is 2.40 bits per heavy atom. The molecule has 30 heavy (non-hydrogen) atoms. The number of nitrogens with zero attached hydrogens (tertiary/aromatic N) is 2. The molecule has 8 heteroatoms. The maximum absolute atomic E-state index is 12.5. The molecular weight excluding hydrogens is 424 g/mol. The summed E-state index contributed by atoms with van der Waals surface area (Å²) in [5, 5.41) is 0.469. The molecule has 2 saturated heterocycles. The number of rotatable bonds is 5. The second kappa shape index (κ2) is 8.96. The molecule has 0 aliphatic carbocycles. The number of hydrogen-bond acceptors (Lipinski definition) is 5. The Kier molecular flexibility index (Phi) is 6.32. The van der Waals surface area contributed by atoms with Gasteiger partial charge in [-0.05, 0) is 29.7 Å². The fourth-order valence-electron chi connectivity index (χ4n) is 4.06. The zero-order chi connectivity index (χ0) is 21.1. The predicted molar refractivity (Wildman–Crippen MR) is 118 cm³/mol. The predicted octanol–water partition coefficient (Wildman–Crippen LogP) is 2.72. The molecule has 0 aromatic heterocycles. The lowest BCUT2D eigenvalue weighted by Gasteiger charge is -2.37. The highest BCUT2D eigenvalue weighted by atomic mass is 35.5. The molecule has 0 N–H and O–H groups in total.